The number of rotatable bonds is 11. The molecule has 0 fully saturated rings. The van der Waals surface area contributed by atoms with Gasteiger partial charge in [0.15, 0.2) is 0 Å². The summed E-state index contributed by atoms with van der Waals surface area (Å²) in [7, 11) is -4.14. The fourth-order valence-corrected chi connectivity index (χ4v) is 6.39. The lowest BCUT2D eigenvalue weighted by Crippen LogP contribution is -2.56. The first-order valence-electron chi connectivity index (χ1n) is 15.1. The monoisotopic (exact) mass is 625 g/mol. The highest BCUT2D eigenvalue weighted by Gasteiger charge is 2.35. The molecule has 0 saturated heterocycles. The zero-order chi connectivity index (χ0) is 32.8. The summed E-state index contributed by atoms with van der Waals surface area (Å²) in [6.07, 6.45) is 0.260. The van der Waals surface area contributed by atoms with Crippen molar-refractivity contribution in [2.75, 3.05) is 10.8 Å². The maximum Gasteiger partial charge on any atom is 0.264 e. The number of aryl methyl sites for hydroxylation is 3. The van der Waals surface area contributed by atoms with Crippen LogP contribution in [0.5, 0.6) is 0 Å². The molecule has 0 aliphatic carbocycles. The molecule has 0 aromatic heterocycles. The topological polar surface area (TPSA) is 86.8 Å². The number of nitrogens with zero attached hydrogens (tertiary/aromatic N) is 2. The number of hydrogen-bond donors (Lipinski definition) is 1. The van der Waals surface area contributed by atoms with Crippen molar-refractivity contribution in [1.29, 1.82) is 0 Å². The Morgan fingerprint density at radius 1 is 0.711 bits per heavy atom. The van der Waals surface area contributed by atoms with Gasteiger partial charge in [-0.25, -0.2) is 8.42 Å². The van der Waals surface area contributed by atoms with Crippen LogP contribution < -0.4 is 9.62 Å². The van der Waals surface area contributed by atoms with Crippen molar-refractivity contribution in [3.05, 3.63) is 131 Å². The number of carbonyl (C=O) groups is 2. The molecule has 4 aromatic rings. The molecule has 0 unspecified atom stereocenters. The summed E-state index contributed by atoms with van der Waals surface area (Å²) in [5.74, 6) is -0.799. The number of nitrogens with one attached hydrogen (secondary N) is 1. The maximum atomic E-state index is 14.5. The molecule has 1 atom stereocenters. The van der Waals surface area contributed by atoms with Crippen LogP contribution in [0.25, 0.3) is 0 Å². The van der Waals surface area contributed by atoms with Crippen LogP contribution in [0, 0.1) is 20.8 Å². The van der Waals surface area contributed by atoms with E-state index in [1.54, 1.807) is 36.4 Å². The van der Waals surface area contributed by atoms with Gasteiger partial charge in [-0.2, -0.15) is 0 Å². The normalized spacial score (nSPS) is 12.3. The van der Waals surface area contributed by atoms with Gasteiger partial charge in [-0.1, -0.05) is 95.6 Å². The molecule has 4 aromatic carbocycles. The number of carbonyl (C=O) groups excluding carboxylic acids is 2. The van der Waals surface area contributed by atoms with E-state index in [1.165, 1.54) is 4.90 Å². The van der Waals surface area contributed by atoms with Gasteiger partial charge in [-0.05, 0) is 76.9 Å². The van der Waals surface area contributed by atoms with Crippen molar-refractivity contribution < 1.29 is 18.0 Å². The van der Waals surface area contributed by atoms with Gasteiger partial charge >= 0.3 is 0 Å². The third-order valence-corrected chi connectivity index (χ3v) is 9.24. The molecule has 0 heterocycles. The van der Waals surface area contributed by atoms with Crippen molar-refractivity contribution >= 4 is 27.5 Å². The lowest BCUT2D eigenvalue weighted by molar-refractivity contribution is -0.140. The van der Waals surface area contributed by atoms with E-state index in [9.17, 15) is 18.0 Å². The van der Waals surface area contributed by atoms with Gasteiger partial charge in [0.05, 0.1) is 10.6 Å². The van der Waals surface area contributed by atoms with Crippen LogP contribution in [0.3, 0.4) is 0 Å². The summed E-state index contributed by atoms with van der Waals surface area (Å²) >= 11 is 0. The van der Waals surface area contributed by atoms with E-state index in [2.05, 4.69) is 5.32 Å². The molecular weight excluding hydrogens is 582 g/mol. The molecule has 2 amide bonds. The smallest absolute Gasteiger partial charge is 0.264 e. The fourth-order valence-electron chi connectivity index (χ4n) is 4.97. The highest BCUT2D eigenvalue weighted by molar-refractivity contribution is 7.92. The van der Waals surface area contributed by atoms with Gasteiger partial charge in [0, 0.05) is 18.5 Å². The van der Waals surface area contributed by atoms with Crippen molar-refractivity contribution in [2.24, 2.45) is 0 Å². The molecule has 0 radical (unpaired) electrons. The van der Waals surface area contributed by atoms with Crippen LogP contribution in [0.1, 0.15) is 48.6 Å². The molecule has 7 nitrogen and oxygen atoms in total. The molecule has 1 N–H and O–H groups in total. The molecule has 0 bridgehead atoms. The highest BCUT2D eigenvalue weighted by atomic mass is 32.2. The zero-order valence-corrected chi connectivity index (χ0v) is 27.8. The molecule has 8 heteroatoms. The summed E-state index contributed by atoms with van der Waals surface area (Å²) in [5.41, 5.74) is 4.48. The quantitative estimate of drug-likeness (QED) is 0.210. The number of amides is 2. The minimum absolute atomic E-state index is 0.0814. The van der Waals surface area contributed by atoms with Crippen LogP contribution in [-0.2, 0) is 32.6 Å². The molecule has 0 spiro atoms. The summed E-state index contributed by atoms with van der Waals surface area (Å²) in [4.78, 5) is 30.1. The van der Waals surface area contributed by atoms with Gasteiger partial charge in [-0.15, -0.1) is 0 Å². The van der Waals surface area contributed by atoms with E-state index in [4.69, 9.17) is 0 Å². The van der Waals surface area contributed by atoms with Crippen molar-refractivity contribution in [3.63, 3.8) is 0 Å². The summed E-state index contributed by atoms with van der Waals surface area (Å²) in [6, 6.07) is 30.0. The lowest BCUT2D eigenvalue weighted by atomic mass is 10.0. The maximum absolute atomic E-state index is 14.5. The summed E-state index contributed by atoms with van der Waals surface area (Å²) in [6.45, 7) is 11.1. The summed E-state index contributed by atoms with van der Waals surface area (Å²) in [5, 5.41) is 3.06. The SMILES string of the molecule is Cc1ccc(CN(C(=O)CN(c2ccc(C)cc2)S(=O)(=O)c2ccc(C)cc2)[C@@H](Cc2ccccc2)C(=O)NC(C)(C)C)cc1. The van der Waals surface area contributed by atoms with E-state index in [0.717, 1.165) is 32.1 Å². The average Bonchev–Trinajstić information content (AvgIpc) is 2.99. The molecule has 0 aliphatic rings. The Hall–Kier alpha value is -4.43. The van der Waals surface area contributed by atoms with Crippen LogP contribution >= 0.6 is 0 Å². The van der Waals surface area contributed by atoms with Crippen LogP contribution in [0.2, 0.25) is 0 Å². The molecule has 45 heavy (non-hydrogen) atoms. The first-order valence-corrected chi connectivity index (χ1v) is 16.5. The molecule has 0 saturated carbocycles. The third-order valence-electron chi connectivity index (χ3n) is 7.45. The molecule has 4 rings (SSSR count). The van der Waals surface area contributed by atoms with Gasteiger partial charge in [-0.3, -0.25) is 13.9 Å². The van der Waals surface area contributed by atoms with Gasteiger partial charge < -0.3 is 10.2 Å². The Morgan fingerprint density at radius 2 is 1.22 bits per heavy atom. The van der Waals surface area contributed by atoms with E-state index in [1.807, 2.05) is 108 Å². The second-order valence-corrected chi connectivity index (χ2v) is 14.5. The Kier molecular flexibility index (Phi) is 10.5. The summed E-state index contributed by atoms with van der Waals surface area (Å²) < 4.78 is 29.4. The Bertz CT molecular complexity index is 1700. The largest absolute Gasteiger partial charge is 0.350 e. The van der Waals surface area contributed by atoms with Crippen molar-refractivity contribution in [2.45, 2.75) is 71.0 Å². The van der Waals surface area contributed by atoms with E-state index in [-0.39, 0.29) is 23.8 Å². The van der Waals surface area contributed by atoms with Crippen LogP contribution in [-0.4, -0.2) is 43.3 Å². The van der Waals surface area contributed by atoms with Crippen LogP contribution in [0.4, 0.5) is 5.69 Å². The van der Waals surface area contributed by atoms with E-state index < -0.39 is 34.1 Å². The first kappa shape index (κ1) is 33.5. The van der Waals surface area contributed by atoms with Crippen molar-refractivity contribution in [3.8, 4) is 0 Å². The third kappa shape index (κ3) is 9.05. The number of sulfonamides is 1. The predicted octanol–water partition coefficient (Wildman–Crippen LogP) is 6.36. The first-order chi connectivity index (χ1) is 21.2. The number of benzene rings is 4. The Labute approximate surface area is 268 Å². The van der Waals surface area contributed by atoms with Gasteiger partial charge in [0.25, 0.3) is 10.0 Å². The Morgan fingerprint density at radius 3 is 1.76 bits per heavy atom. The highest BCUT2D eigenvalue weighted by Crippen LogP contribution is 2.26. The van der Waals surface area contributed by atoms with Crippen molar-refractivity contribution in [1.82, 2.24) is 10.2 Å². The van der Waals surface area contributed by atoms with Gasteiger partial charge in [0.1, 0.15) is 12.6 Å². The number of anilines is 1. The minimum Gasteiger partial charge on any atom is -0.350 e. The van der Waals surface area contributed by atoms with Gasteiger partial charge in [0.2, 0.25) is 11.8 Å². The second-order valence-electron chi connectivity index (χ2n) is 12.6. The molecule has 236 valence electrons. The molecule has 0 aliphatic heterocycles. The number of hydrogen-bond acceptors (Lipinski definition) is 4. The second kappa shape index (κ2) is 14.1. The fraction of sp³-hybridized carbons (Fsp3) is 0.297. The predicted molar refractivity (Wildman–Crippen MR) is 180 cm³/mol. The van der Waals surface area contributed by atoms with Crippen LogP contribution in [0.15, 0.2) is 108 Å². The molecular formula is C37H43N3O4S. The van der Waals surface area contributed by atoms with E-state index >= 15 is 0 Å². The lowest BCUT2D eigenvalue weighted by Gasteiger charge is -2.35. The van der Waals surface area contributed by atoms with E-state index in [0.29, 0.717) is 5.69 Å². The Balaban J connectivity index is 1.81. The zero-order valence-electron chi connectivity index (χ0n) is 26.9. The standard InChI is InChI=1S/C37H43N3O4S/c1-27-12-18-31(19-13-27)25-39(34(36(42)38-37(4,5)6)24-30-10-8-7-9-11-30)35(41)26-40(32-20-14-28(2)15-21-32)45(43,44)33-22-16-29(3)17-23-33/h7-23,34H,24-26H2,1-6H3,(H,38,42)/t34-/m0/s1. The minimum atomic E-state index is -4.14. The average molecular weight is 626 g/mol.